The van der Waals surface area contributed by atoms with E-state index in [1.54, 1.807) is 13.0 Å². The van der Waals surface area contributed by atoms with E-state index >= 15 is 0 Å². The zero-order valence-electron chi connectivity index (χ0n) is 9.70. The van der Waals surface area contributed by atoms with Crippen LogP contribution in [0.3, 0.4) is 0 Å². The average Bonchev–Trinajstić information content (AvgIpc) is 2.28. The zero-order valence-corrected chi connectivity index (χ0v) is 9.70. The second kappa shape index (κ2) is 4.80. The van der Waals surface area contributed by atoms with E-state index in [1.165, 1.54) is 26.2 Å². The molecule has 0 amide bonds. The third-order valence-corrected chi connectivity index (χ3v) is 2.81. The maximum atomic E-state index is 13.8. The van der Waals surface area contributed by atoms with Crippen LogP contribution in [0.1, 0.15) is 31.9 Å². The molecule has 1 aromatic rings. The quantitative estimate of drug-likeness (QED) is 0.829. The molecule has 0 saturated carbocycles. The van der Waals surface area contributed by atoms with Gasteiger partial charge in [0.25, 0.3) is 0 Å². The molecule has 2 N–H and O–H groups in total. The van der Waals surface area contributed by atoms with Crippen LogP contribution in [0.15, 0.2) is 18.2 Å². The maximum absolute atomic E-state index is 13.8. The first kappa shape index (κ1) is 12.9. The molecule has 1 aromatic carbocycles. The van der Waals surface area contributed by atoms with Gasteiger partial charge in [0.05, 0.1) is 12.7 Å². The molecule has 16 heavy (non-hydrogen) atoms. The summed E-state index contributed by atoms with van der Waals surface area (Å²) in [7, 11) is 1.35. The predicted octanol–water partition coefficient (Wildman–Crippen LogP) is 2.03. The molecule has 90 valence electrons. The molecule has 0 spiro atoms. The van der Waals surface area contributed by atoms with Gasteiger partial charge in [0.15, 0.2) is 11.6 Å². The first-order chi connectivity index (χ1) is 7.44. The maximum Gasteiger partial charge on any atom is 0.170 e. The fourth-order valence-electron chi connectivity index (χ4n) is 1.42. The van der Waals surface area contributed by atoms with Crippen molar-refractivity contribution >= 4 is 0 Å². The van der Waals surface area contributed by atoms with E-state index in [-0.39, 0.29) is 11.3 Å². The van der Waals surface area contributed by atoms with E-state index in [1.807, 2.05) is 0 Å². The van der Waals surface area contributed by atoms with Crippen molar-refractivity contribution in [2.75, 3.05) is 7.11 Å². The first-order valence-corrected chi connectivity index (χ1v) is 5.17. The van der Waals surface area contributed by atoms with Crippen molar-refractivity contribution in [1.29, 1.82) is 0 Å². The van der Waals surface area contributed by atoms with Gasteiger partial charge in [0.1, 0.15) is 6.10 Å². The van der Waals surface area contributed by atoms with E-state index < -0.39 is 17.5 Å². The van der Waals surface area contributed by atoms with Crippen molar-refractivity contribution in [3.05, 3.63) is 29.6 Å². The minimum atomic E-state index is -1.35. The molecule has 0 aliphatic heterocycles. The van der Waals surface area contributed by atoms with Gasteiger partial charge >= 0.3 is 0 Å². The summed E-state index contributed by atoms with van der Waals surface area (Å²) in [4.78, 5) is 0. The Morgan fingerprint density at radius 1 is 1.50 bits per heavy atom. The van der Waals surface area contributed by atoms with Crippen LogP contribution >= 0.6 is 0 Å². The molecule has 4 heteroatoms. The van der Waals surface area contributed by atoms with Crippen molar-refractivity contribution in [3.63, 3.8) is 0 Å². The highest BCUT2D eigenvalue weighted by atomic mass is 19.1. The lowest BCUT2D eigenvalue weighted by Crippen LogP contribution is -2.32. The lowest BCUT2D eigenvalue weighted by atomic mass is 9.90. The number of aliphatic hydroxyl groups is 2. The Morgan fingerprint density at radius 2 is 2.12 bits per heavy atom. The summed E-state index contributed by atoms with van der Waals surface area (Å²) in [5, 5.41) is 19.8. The Balaban J connectivity index is 3.14. The van der Waals surface area contributed by atoms with Crippen LogP contribution in [-0.4, -0.2) is 22.9 Å². The van der Waals surface area contributed by atoms with Gasteiger partial charge in [-0.2, -0.15) is 0 Å². The number of methoxy groups -OCH3 is 1. The summed E-state index contributed by atoms with van der Waals surface area (Å²) in [5.41, 5.74) is -1.31. The molecule has 0 saturated heterocycles. The minimum absolute atomic E-state index is 0.0474. The van der Waals surface area contributed by atoms with E-state index in [9.17, 15) is 14.6 Å². The van der Waals surface area contributed by atoms with Gasteiger partial charge in [-0.3, -0.25) is 0 Å². The van der Waals surface area contributed by atoms with Crippen molar-refractivity contribution in [3.8, 4) is 5.75 Å². The predicted molar refractivity (Wildman–Crippen MR) is 58.8 cm³/mol. The zero-order chi connectivity index (χ0) is 12.3. The molecule has 0 aromatic heterocycles. The molecule has 2 atom stereocenters. The van der Waals surface area contributed by atoms with Gasteiger partial charge in [0.2, 0.25) is 0 Å². The molecule has 0 bridgehead atoms. The van der Waals surface area contributed by atoms with Crippen LogP contribution in [-0.2, 0) is 0 Å². The van der Waals surface area contributed by atoms with Crippen molar-refractivity contribution < 1.29 is 19.3 Å². The number of hydrogen-bond acceptors (Lipinski definition) is 3. The summed E-state index contributed by atoms with van der Waals surface area (Å²) in [5.74, 6) is -0.574. The smallest absolute Gasteiger partial charge is 0.170 e. The van der Waals surface area contributed by atoms with Crippen molar-refractivity contribution in [1.82, 2.24) is 0 Å². The molecule has 3 nitrogen and oxygen atoms in total. The minimum Gasteiger partial charge on any atom is -0.494 e. The van der Waals surface area contributed by atoms with Gasteiger partial charge in [-0.25, -0.2) is 4.39 Å². The second-order valence-electron chi connectivity index (χ2n) is 3.98. The van der Waals surface area contributed by atoms with Crippen LogP contribution in [0.2, 0.25) is 0 Å². The van der Waals surface area contributed by atoms with Crippen LogP contribution in [0, 0.1) is 5.82 Å². The van der Waals surface area contributed by atoms with Gasteiger partial charge in [-0.15, -0.1) is 0 Å². The lowest BCUT2D eigenvalue weighted by Gasteiger charge is -2.28. The summed E-state index contributed by atoms with van der Waals surface area (Å²) in [6.07, 6.45) is -0.947. The van der Waals surface area contributed by atoms with Crippen molar-refractivity contribution in [2.45, 2.75) is 32.0 Å². The number of benzene rings is 1. The van der Waals surface area contributed by atoms with Gasteiger partial charge < -0.3 is 14.9 Å². The molecule has 0 fully saturated rings. The van der Waals surface area contributed by atoms with Crippen LogP contribution in [0.4, 0.5) is 4.39 Å². The monoisotopic (exact) mass is 228 g/mol. The number of hydrogen-bond donors (Lipinski definition) is 2. The largest absolute Gasteiger partial charge is 0.494 e. The molecular formula is C12H17FO3. The molecule has 0 heterocycles. The van der Waals surface area contributed by atoms with E-state index in [0.29, 0.717) is 6.42 Å². The molecule has 2 unspecified atom stereocenters. The Bertz CT molecular complexity index is 363. The summed E-state index contributed by atoms with van der Waals surface area (Å²) >= 11 is 0. The molecule has 0 radical (unpaired) electrons. The van der Waals surface area contributed by atoms with E-state index in [4.69, 9.17) is 4.74 Å². The number of rotatable bonds is 4. The SMILES string of the molecule is CCC(C)(O)C(O)c1cccc(OC)c1F. The Morgan fingerprint density at radius 3 is 2.62 bits per heavy atom. The molecule has 0 aliphatic carbocycles. The average molecular weight is 228 g/mol. The van der Waals surface area contributed by atoms with Crippen molar-refractivity contribution in [2.24, 2.45) is 0 Å². The Labute approximate surface area is 94.5 Å². The normalized spacial score (nSPS) is 16.6. The van der Waals surface area contributed by atoms with E-state index in [0.717, 1.165) is 0 Å². The fourth-order valence-corrected chi connectivity index (χ4v) is 1.42. The third-order valence-electron chi connectivity index (χ3n) is 2.81. The highest BCUT2D eigenvalue weighted by Crippen LogP contribution is 2.32. The molecule has 0 aliphatic rings. The highest BCUT2D eigenvalue weighted by molar-refractivity contribution is 5.33. The lowest BCUT2D eigenvalue weighted by molar-refractivity contribution is -0.0674. The van der Waals surface area contributed by atoms with Crippen LogP contribution < -0.4 is 4.74 Å². The second-order valence-corrected chi connectivity index (χ2v) is 3.98. The third kappa shape index (κ3) is 2.33. The summed E-state index contributed by atoms with van der Waals surface area (Å²) < 4.78 is 18.6. The fraction of sp³-hybridized carbons (Fsp3) is 0.500. The Hall–Kier alpha value is -1.13. The molecular weight excluding hydrogens is 211 g/mol. The number of halogens is 1. The molecule has 1 rings (SSSR count). The first-order valence-electron chi connectivity index (χ1n) is 5.17. The summed E-state index contributed by atoms with van der Waals surface area (Å²) in [6.45, 7) is 3.19. The number of ether oxygens (including phenoxy) is 1. The van der Waals surface area contributed by atoms with Gasteiger partial charge in [-0.1, -0.05) is 19.1 Å². The van der Waals surface area contributed by atoms with Gasteiger partial charge in [-0.05, 0) is 19.4 Å². The number of aliphatic hydroxyl groups excluding tert-OH is 1. The van der Waals surface area contributed by atoms with Gasteiger partial charge in [0, 0.05) is 5.56 Å². The Kier molecular flexibility index (Phi) is 3.88. The topological polar surface area (TPSA) is 49.7 Å². The standard InChI is InChI=1S/C12H17FO3/c1-4-12(2,15)11(14)8-6-5-7-9(16-3)10(8)13/h5-7,11,14-15H,4H2,1-3H3. The van der Waals surface area contributed by atoms with Crippen LogP contribution in [0.5, 0.6) is 5.75 Å². The summed E-state index contributed by atoms with van der Waals surface area (Å²) in [6, 6.07) is 4.48. The highest BCUT2D eigenvalue weighted by Gasteiger charge is 2.32. The van der Waals surface area contributed by atoms with Crippen LogP contribution in [0.25, 0.3) is 0 Å². The van der Waals surface area contributed by atoms with E-state index in [2.05, 4.69) is 0 Å².